The third-order valence-electron chi connectivity index (χ3n) is 3.94. The summed E-state index contributed by atoms with van der Waals surface area (Å²) in [6.07, 6.45) is 0.119. The Kier molecular flexibility index (Phi) is 3.20. The number of benzene rings is 1. The minimum atomic E-state index is -0.552. The van der Waals surface area contributed by atoms with Crippen LogP contribution in [-0.2, 0) is 15.1 Å². The molecule has 0 saturated carbocycles. The lowest BCUT2D eigenvalue weighted by Gasteiger charge is -2.31. The first-order valence-corrected chi connectivity index (χ1v) is 7.23. The van der Waals surface area contributed by atoms with E-state index < -0.39 is 11.2 Å². The molecule has 2 saturated heterocycles. The molecule has 3 rings (SSSR count). The van der Waals surface area contributed by atoms with Crippen molar-refractivity contribution < 1.29 is 18.7 Å². The summed E-state index contributed by atoms with van der Waals surface area (Å²) >= 11 is 0. The highest BCUT2D eigenvalue weighted by Crippen LogP contribution is 2.52. The maximum atomic E-state index is 13.9. The van der Waals surface area contributed by atoms with Crippen molar-refractivity contribution in [2.75, 3.05) is 13.1 Å². The standard InChI is InChI=1S/C16H20FNO3/c1-15(2,3)21-14(19)18-9-8-16(13(10-18)20-16)11-6-4-5-7-12(11)17/h4-7,13H,8-10H2,1-3H3. The molecular weight excluding hydrogens is 273 g/mol. The minimum Gasteiger partial charge on any atom is -0.444 e. The maximum absolute atomic E-state index is 13.9. The van der Waals surface area contributed by atoms with Crippen LogP contribution >= 0.6 is 0 Å². The van der Waals surface area contributed by atoms with Crippen molar-refractivity contribution >= 4 is 6.09 Å². The van der Waals surface area contributed by atoms with E-state index in [1.165, 1.54) is 6.07 Å². The third-order valence-corrected chi connectivity index (χ3v) is 3.94. The van der Waals surface area contributed by atoms with Gasteiger partial charge in [0.05, 0.1) is 6.54 Å². The predicted octanol–water partition coefficient (Wildman–Crippen LogP) is 3.06. The number of carbonyl (C=O) groups excluding carboxylic acids is 1. The van der Waals surface area contributed by atoms with Gasteiger partial charge in [0.1, 0.15) is 23.1 Å². The fraction of sp³-hybridized carbons (Fsp3) is 0.562. The Hall–Kier alpha value is -1.62. The van der Waals surface area contributed by atoms with E-state index in [4.69, 9.17) is 9.47 Å². The molecule has 2 unspecified atom stereocenters. The van der Waals surface area contributed by atoms with Gasteiger partial charge in [0.25, 0.3) is 0 Å². The van der Waals surface area contributed by atoms with Gasteiger partial charge in [-0.2, -0.15) is 0 Å². The zero-order valence-corrected chi connectivity index (χ0v) is 12.6. The number of likely N-dealkylation sites (tertiary alicyclic amines) is 1. The first-order valence-electron chi connectivity index (χ1n) is 7.23. The zero-order valence-electron chi connectivity index (χ0n) is 12.6. The summed E-state index contributed by atoms with van der Waals surface area (Å²) in [7, 11) is 0. The second kappa shape index (κ2) is 4.70. The Balaban J connectivity index is 1.69. The SMILES string of the molecule is CC(C)(C)OC(=O)N1CCC2(c3ccccc3F)OC2C1. The summed E-state index contributed by atoms with van der Waals surface area (Å²) in [5, 5.41) is 0. The van der Waals surface area contributed by atoms with Gasteiger partial charge < -0.3 is 14.4 Å². The first kappa shape index (κ1) is 14.3. The molecule has 114 valence electrons. The quantitative estimate of drug-likeness (QED) is 0.747. The van der Waals surface area contributed by atoms with Gasteiger partial charge >= 0.3 is 6.09 Å². The Bertz CT molecular complexity index is 569. The van der Waals surface area contributed by atoms with Crippen LogP contribution in [0.5, 0.6) is 0 Å². The number of rotatable bonds is 1. The molecule has 0 spiro atoms. The van der Waals surface area contributed by atoms with Crippen molar-refractivity contribution in [3.8, 4) is 0 Å². The molecule has 0 radical (unpaired) electrons. The second-order valence-corrected chi connectivity index (χ2v) is 6.65. The fourth-order valence-corrected chi connectivity index (χ4v) is 2.89. The van der Waals surface area contributed by atoms with Gasteiger partial charge in [-0.3, -0.25) is 0 Å². The average Bonchev–Trinajstić information content (AvgIpc) is 3.11. The highest BCUT2D eigenvalue weighted by Gasteiger charge is 2.61. The van der Waals surface area contributed by atoms with Crippen molar-refractivity contribution in [2.24, 2.45) is 0 Å². The molecule has 0 bridgehead atoms. The summed E-state index contributed by atoms with van der Waals surface area (Å²) in [4.78, 5) is 13.7. The summed E-state index contributed by atoms with van der Waals surface area (Å²) in [6, 6.07) is 6.69. The predicted molar refractivity (Wildman–Crippen MR) is 75.4 cm³/mol. The van der Waals surface area contributed by atoms with Crippen LogP contribution in [0.2, 0.25) is 0 Å². The molecule has 2 atom stereocenters. The van der Waals surface area contributed by atoms with Crippen LogP contribution in [0.1, 0.15) is 32.8 Å². The molecule has 1 amide bonds. The van der Waals surface area contributed by atoms with Crippen molar-refractivity contribution in [1.82, 2.24) is 4.90 Å². The molecule has 4 nitrogen and oxygen atoms in total. The average molecular weight is 293 g/mol. The minimum absolute atomic E-state index is 0.143. The highest BCUT2D eigenvalue weighted by atomic mass is 19.1. The van der Waals surface area contributed by atoms with Crippen molar-refractivity contribution in [1.29, 1.82) is 0 Å². The van der Waals surface area contributed by atoms with Crippen LogP contribution in [0.3, 0.4) is 0 Å². The van der Waals surface area contributed by atoms with Crippen LogP contribution in [0, 0.1) is 5.82 Å². The lowest BCUT2D eigenvalue weighted by atomic mass is 9.89. The van der Waals surface area contributed by atoms with E-state index in [1.54, 1.807) is 17.0 Å². The van der Waals surface area contributed by atoms with Gasteiger partial charge in [-0.05, 0) is 26.8 Å². The summed E-state index contributed by atoms with van der Waals surface area (Å²) < 4.78 is 25.1. The molecule has 0 N–H and O–H groups in total. The number of amides is 1. The molecule has 2 aliphatic heterocycles. The lowest BCUT2D eigenvalue weighted by molar-refractivity contribution is 0.0217. The normalized spacial score (nSPS) is 28.0. The number of halogens is 1. The molecule has 2 heterocycles. The molecule has 2 fully saturated rings. The van der Waals surface area contributed by atoms with Crippen molar-refractivity contribution in [3.63, 3.8) is 0 Å². The zero-order chi connectivity index (χ0) is 15.3. The fourth-order valence-electron chi connectivity index (χ4n) is 2.89. The number of hydrogen-bond acceptors (Lipinski definition) is 3. The van der Waals surface area contributed by atoms with E-state index in [2.05, 4.69) is 0 Å². The number of fused-ring (bicyclic) bond motifs is 1. The van der Waals surface area contributed by atoms with E-state index in [0.717, 1.165) is 0 Å². The van der Waals surface area contributed by atoms with E-state index in [0.29, 0.717) is 25.1 Å². The van der Waals surface area contributed by atoms with Gasteiger partial charge in [-0.25, -0.2) is 9.18 Å². The van der Waals surface area contributed by atoms with Crippen LogP contribution < -0.4 is 0 Å². The number of epoxide rings is 1. The van der Waals surface area contributed by atoms with E-state index in [-0.39, 0.29) is 18.0 Å². The van der Waals surface area contributed by atoms with Crippen LogP contribution in [0.15, 0.2) is 24.3 Å². The molecule has 1 aromatic rings. The van der Waals surface area contributed by atoms with E-state index in [9.17, 15) is 9.18 Å². The summed E-state index contributed by atoms with van der Waals surface area (Å²) in [5.41, 5.74) is -0.468. The molecule has 5 heteroatoms. The second-order valence-electron chi connectivity index (χ2n) is 6.65. The number of piperidine rings is 1. The molecular formula is C16H20FNO3. The summed E-state index contributed by atoms with van der Waals surface area (Å²) in [5.74, 6) is -0.245. The number of nitrogens with zero attached hydrogens (tertiary/aromatic N) is 1. The van der Waals surface area contributed by atoms with Crippen LogP contribution in [0.4, 0.5) is 9.18 Å². The number of ether oxygens (including phenoxy) is 2. The largest absolute Gasteiger partial charge is 0.444 e. The van der Waals surface area contributed by atoms with Crippen LogP contribution in [-0.4, -0.2) is 35.8 Å². The maximum Gasteiger partial charge on any atom is 0.410 e. The number of hydrogen-bond donors (Lipinski definition) is 0. The topological polar surface area (TPSA) is 42.1 Å². The van der Waals surface area contributed by atoms with E-state index in [1.807, 2.05) is 26.8 Å². The smallest absolute Gasteiger partial charge is 0.410 e. The van der Waals surface area contributed by atoms with Gasteiger partial charge in [0, 0.05) is 18.5 Å². The van der Waals surface area contributed by atoms with Gasteiger partial charge in [-0.1, -0.05) is 18.2 Å². The van der Waals surface area contributed by atoms with Crippen molar-refractivity contribution in [3.05, 3.63) is 35.6 Å². The Morgan fingerprint density at radius 1 is 1.43 bits per heavy atom. The Labute approximate surface area is 123 Å². The first-order chi connectivity index (χ1) is 9.82. The Morgan fingerprint density at radius 3 is 2.76 bits per heavy atom. The number of carbonyl (C=O) groups is 1. The molecule has 21 heavy (non-hydrogen) atoms. The summed E-state index contributed by atoms with van der Waals surface area (Å²) in [6.45, 7) is 6.48. The van der Waals surface area contributed by atoms with E-state index >= 15 is 0 Å². The van der Waals surface area contributed by atoms with Crippen LogP contribution in [0.25, 0.3) is 0 Å². The van der Waals surface area contributed by atoms with Gasteiger partial charge in [0.15, 0.2) is 0 Å². The molecule has 2 aliphatic rings. The lowest BCUT2D eigenvalue weighted by Crippen LogP contribution is -2.44. The Morgan fingerprint density at radius 2 is 2.14 bits per heavy atom. The monoisotopic (exact) mass is 293 g/mol. The van der Waals surface area contributed by atoms with Gasteiger partial charge in [0.2, 0.25) is 0 Å². The molecule has 1 aromatic carbocycles. The third kappa shape index (κ3) is 2.62. The molecule has 0 aliphatic carbocycles. The van der Waals surface area contributed by atoms with Crippen molar-refractivity contribution in [2.45, 2.75) is 44.5 Å². The highest BCUT2D eigenvalue weighted by molar-refractivity contribution is 5.68. The molecule has 0 aromatic heterocycles. The van der Waals surface area contributed by atoms with Gasteiger partial charge in [-0.15, -0.1) is 0 Å².